The highest BCUT2D eigenvalue weighted by atomic mass is 35.5. The second kappa shape index (κ2) is 6.72. The van der Waals surface area contributed by atoms with Crippen molar-refractivity contribution in [1.82, 2.24) is 4.90 Å². The number of halogens is 1. The Bertz CT molecular complexity index is 726. The Morgan fingerprint density at radius 2 is 1.96 bits per heavy atom. The Morgan fingerprint density at radius 1 is 1.22 bits per heavy atom. The van der Waals surface area contributed by atoms with Crippen LogP contribution in [0.15, 0.2) is 36.4 Å². The number of nitrogens with zero attached hydrogens (tertiary/aromatic N) is 1. The maximum absolute atomic E-state index is 12.6. The second-order valence-corrected chi connectivity index (χ2v) is 7.17. The number of rotatable bonds is 4. The predicted octanol–water partition coefficient (Wildman–Crippen LogP) is 3.41. The van der Waals surface area contributed by atoms with E-state index in [9.17, 15) is 9.59 Å². The molecule has 0 saturated carbocycles. The molecule has 0 unspecified atom stereocenters. The molecule has 6 heteroatoms. The van der Waals surface area contributed by atoms with Gasteiger partial charge in [0.1, 0.15) is 0 Å². The van der Waals surface area contributed by atoms with Crippen LogP contribution >= 0.6 is 22.9 Å². The highest BCUT2D eigenvalue weighted by molar-refractivity contribution is 7.14. The van der Waals surface area contributed by atoms with E-state index in [-0.39, 0.29) is 11.9 Å². The molecule has 2 heterocycles. The van der Waals surface area contributed by atoms with Crippen LogP contribution < -0.4 is 5.73 Å². The second-order valence-electron chi connectivity index (χ2n) is 5.61. The Kier molecular flexibility index (Phi) is 4.68. The van der Waals surface area contributed by atoms with Gasteiger partial charge in [-0.1, -0.05) is 23.7 Å². The van der Waals surface area contributed by atoms with E-state index in [2.05, 4.69) is 0 Å². The van der Waals surface area contributed by atoms with E-state index in [1.54, 1.807) is 18.2 Å². The number of hydrogen-bond donors (Lipinski definition) is 1. The minimum atomic E-state index is -0.418. The molecule has 2 aromatic rings. The molecule has 1 aromatic heterocycles. The summed E-state index contributed by atoms with van der Waals surface area (Å²) in [5, 5.41) is 0.665. The normalized spacial score (nSPS) is 17.4. The van der Waals surface area contributed by atoms with E-state index in [0.29, 0.717) is 16.3 Å². The first kappa shape index (κ1) is 16.0. The molecule has 2 amide bonds. The first-order valence-corrected chi connectivity index (χ1v) is 8.67. The van der Waals surface area contributed by atoms with Crippen LogP contribution in [0, 0.1) is 0 Å². The summed E-state index contributed by atoms with van der Waals surface area (Å²) in [7, 11) is 0. The minimum Gasteiger partial charge on any atom is -0.365 e. The van der Waals surface area contributed by atoms with Gasteiger partial charge in [0.2, 0.25) is 5.91 Å². The van der Waals surface area contributed by atoms with E-state index in [4.69, 9.17) is 17.3 Å². The molecule has 1 atom stereocenters. The number of hydrogen-bond acceptors (Lipinski definition) is 3. The van der Waals surface area contributed by atoms with Gasteiger partial charge in [0.15, 0.2) is 0 Å². The molecule has 4 nitrogen and oxygen atoms in total. The number of primary amides is 1. The molecule has 3 rings (SSSR count). The molecule has 2 N–H and O–H groups in total. The van der Waals surface area contributed by atoms with Crippen molar-refractivity contribution < 1.29 is 9.59 Å². The molecule has 0 spiro atoms. The third-order valence-electron chi connectivity index (χ3n) is 4.04. The van der Waals surface area contributed by atoms with Crippen LogP contribution in [0.25, 0.3) is 0 Å². The van der Waals surface area contributed by atoms with E-state index in [0.717, 1.165) is 29.8 Å². The van der Waals surface area contributed by atoms with E-state index < -0.39 is 5.91 Å². The summed E-state index contributed by atoms with van der Waals surface area (Å²) in [5.41, 5.74) is 6.27. The average molecular weight is 349 g/mol. The van der Waals surface area contributed by atoms with Crippen LogP contribution in [0.5, 0.6) is 0 Å². The Morgan fingerprint density at radius 3 is 2.61 bits per heavy atom. The molecule has 0 aliphatic carbocycles. The van der Waals surface area contributed by atoms with Crippen molar-refractivity contribution in [3.8, 4) is 0 Å². The number of likely N-dealkylation sites (tertiary alicyclic amines) is 1. The third-order valence-corrected chi connectivity index (χ3v) is 5.49. The number of carbonyl (C=O) groups excluding carboxylic acids is 2. The molecule has 0 bridgehead atoms. The topological polar surface area (TPSA) is 63.4 Å². The fourth-order valence-corrected chi connectivity index (χ4v) is 4.04. The maximum Gasteiger partial charge on any atom is 0.258 e. The van der Waals surface area contributed by atoms with Gasteiger partial charge in [-0.05, 0) is 42.7 Å². The number of amides is 2. The first-order chi connectivity index (χ1) is 11.0. The van der Waals surface area contributed by atoms with Gasteiger partial charge in [0.05, 0.1) is 17.3 Å². The quantitative estimate of drug-likeness (QED) is 0.920. The van der Waals surface area contributed by atoms with Crippen molar-refractivity contribution in [2.24, 2.45) is 5.73 Å². The van der Waals surface area contributed by atoms with Gasteiger partial charge in [-0.2, -0.15) is 0 Å². The molecule has 1 aliphatic rings. The van der Waals surface area contributed by atoms with Gasteiger partial charge in [-0.3, -0.25) is 9.59 Å². The number of benzene rings is 1. The van der Waals surface area contributed by atoms with E-state index in [1.165, 1.54) is 11.3 Å². The summed E-state index contributed by atoms with van der Waals surface area (Å²) >= 11 is 7.26. The summed E-state index contributed by atoms with van der Waals surface area (Å²) in [4.78, 5) is 27.4. The molecule has 1 aromatic carbocycles. The van der Waals surface area contributed by atoms with Gasteiger partial charge >= 0.3 is 0 Å². The molecule has 23 heavy (non-hydrogen) atoms. The lowest BCUT2D eigenvalue weighted by atomic mass is 10.1. The van der Waals surface area contributed by atoms with Gasteiger partial charge in [-0.15, -0.1) is 11.3 Å². The van der Waals surface area contributed by atoms with Gasteiger partial charge in [0, 0.05) is 16.4 Å². The smallest absolute Gasteiger partial charge is 0.258 e. The van der Waals surface area contributed by atoms with Gasteiger partial charge in [-0.25, -0.2) is 0 Å². The van der Waals surface area contributed by atoms with Crippen LogP contribution in [0.4, 0.5) is 0 Å². The highest BCUT2D eigenvalue weighted by Crippen LogP contribution is 2.36. The monoisotopic (exact) mass is 348 g/mol. The minimum absolute atomic E-state index is 0.0490. The van der Waals surface area contributed by atoms with Gasteiger partial charge < -0.3 is 10.6 Å². The maximum atomic E-state index is 12.6. The van der Waals surface area contributed by atoms with Crippen LogP contribution in [-0.2, 0) is 11.2 Å². The molecular formula is C17H17ClN2O2S. The van der Waals surface area contributed by atoms with Crippen molar-refractivity contribution >= 4 is 34.8 Å². The van der Waals surface area contributed by atoms with Crippen molar-refractivity contribution in [3.63, 3.8) is 0 Å². The summed E-state index contributed by atoms with van der Waals surface area (Å²) in [6.45, 7) is 0.751. The first-order valence-electron chi connectivity index (χ1n) is 7.48. The standard InChI is InChI=1S/C17H17ClN2O2S/c18-12-5-3-11(4-6-12)10-16(21)20-9-1-2-13(20)14-7-8-15(23-14)17(19)22/h3-8,13H,1-2,9-10H2,(H2,19,22)/t13-/m1/s1. The molecular weight excluding hydrogens is 332 g/mol. The van der Waals surface area contributed by atoms with Gasteiger partial charge in [0.25, 0.3) is 5.91 Å². The lowest BCUT2D eigenvalue weighted by Gasteiger charge is -2.24. The van der Waals surface area contributed by atoms with Crippen LogP contribution in [-0.4, -0.2) is 23.3 Å². The average Bonchev–Trinajstić information content (AvgIpc) is 3.17. The summed E-state index contributed by atoms with van der Waals surface area (Å²) < 4.78 is 0. The third kappa shape index (κ3) is 3.57. The predicted molar refractivity (Wildman–Crippen MR) is 91.7 cm³/mol. The fraction of sp³-hybridized carbons (Fsp3) is 0.294. The fourth-order valence-electron chi connectivity index (χ4n) is 2.90. The number of nitrogens with two attached hydrogens (primary N) is 1. The zero-order valence-corrected chi connectivity index (χ0v) is 14.1. The summed E-state index contributed by atoms with van der Waals surface area (Å²) in [6, 6.07) is 11.0. The van der Waals surface area contributed by atoms with Crippen molar-refractivity contribution in [2.45, 2.75) is 25.3 Å². The number of thiophene rings is 1. The lowest BCUT2D eigenvalue weighted by Crippen LogP contribution is -2.31. The molecule has 120 valence electrons. The van der Waals surface area contributed by atoms with E-state index >= 15 is 0 Å². The molecule has 1 saturated heterocycles. The zero-order chi connectivity index (χ0) is 16.4. The van der Waals surface area contributed by atoms with Crippen LogP contribution in [0.1, 0.15) is 39.0 Å². The van der Waals surface area contributed by atoms with E-state index in [1.807, 2.05) is 23.1 Å². The van der Waals surface area contributed by atoms with Crippen molar-refractivity contribution in [1.29, 1.82) is 0 Å². The van der Waals surface area contributed by atoms with Crippen LogP contribution in [0.3, 0.4) is 0 Å². The summed E-state index contributed by atoms with van der Waals surface area (Å²) in [6.07, 6.45) is 2.26. The lowest BCUT2D eigenvalue weighted by molar-refractivity contribution is -0.131. The van der Waals surface area contributed by atoms with Crippen molar-refractivity contribution in [3.05, 3.63) is 56.7 Å². The largest absolute Gasteiger partial charge is 0.365 e. The van der Waals surface area contributed by atoms with Crippen LogP contribution in [0.2, 0.25) is 5.02 Å². The molecule has 1 fully saturated rings. The SMILES string of the molecule is NC(=O)c1ccc([C@H]2CCCN2C(=O)Cc2ccc(Cl)cc2)s1. The Hall–Kier alpha value is -1.85. The molecule has 1 aliphatic heterocycles. The Balaban J connectivity index is 1.73. The van der Waals surface area contributed by atoms with Crippen molar-refractivity contribution in [2.75, 3.05) is 6.54 Å². The highest BCUT2D eigenvalue weighted by Gasteiger charge is 2.31. The molecule has 0 radical (unpaired) electrons. The number of carbonyl (C=O) groups is 2. The zero-order valence-electron chi connectivity index (χ0n) is 12.5. The Labute approximate surface area is 143 Å². The summed E-state index contributed by atoms with van der Waals surface area (Å²) in [5.74, 6) is -0.317.